The maximum Gasteiger partial charge on any atom is 0.101 e. The Kier molecular flexibility index (Phi) is 9.25. The molecule has 278 valence electrons. The monoisotopic (exact) mass is 716 g/mol. The Hall–Kier alpha value is -4.10. The molecule has 0 aromatic heterocycles. The standard InChI is InChI=1S/C48H56N6/c49-29-31-23-24-45-42(26-31)40-19-8-9-21-43(40)53(45)46-27-33(28-47(52-46)54-44-22-10-7-18-39(44)41-20-11-25-51-48(41)54)35-14-3-4-16-37(35)38-17-6-5-15-36(38)34-13-2-1-12-32(34)30-50/h3-6,8-10,14,16,19,21-22,27,31,35-38,40-41,43,46-48,51-52H,1-2,7,11-13,15,17-18,20,23-26,28H2. The van der Waals surface area contributed by atoms with Crippen LogP contribution in [-0.2, 0) is 0 Å². The van der Waals surface area contributed by atoms with Crippen molar-refractivity contribution in [1.82, 2.24) is 20.4 Å². The Morgan fingerprint density at radius 2 is 1.59 bits per heavy atom. The highest BCUT2D eigenvalue weighted by Gasteiger charge is 2.49. The smallest absolute Gasteiger partial charge is 0.101 e. The predicted molar refractivity (Wildman–Crippen MR) is 214 cm³/mol. The molecule has 6 nitrogen and oxygen atoms in total. The summed E-state index contributed by atoms with van der Waals surface area (Å²) in [6.45, 7) is 1.08. The summed E-state index contributed by atoms with van der Waals surface area (Å²) < 4.78 is 0. The van der Waals surface area contributed by atoms with Gasteiger partial charge in [0.2, 0.25) is 0 Å². The predicted octanol–water partition coefficient (Wildman–Crippen LogP) is 9.14. The lowest BCUT2D eigenvalue weighted by Crippen LogP contribution is -2.62. The van der Waals surface area contributed by atoms with Crippen molar-refractivity contribution in [2.75, 3.05) is 6.54 Å². The molecular formula is C48H56N6. The molecule has 11 atom stereocenters. The molecule has 54 heavy (non-hydrogen) atoms. The van der Waals surface area contributed by atoms with Gasteiger partial charge < -0.3 is 9.80 Å². The number of hydrogen-bond acceptors (Lipinski definition) is 6. The number of hydrogen-bond donors (Lipinski definition) is 2. The lowest BCUT2D eigenvalue weighted by Gasteiger charge is -2.49. The van der Waals surface area contributed by atoms with E-state index in [0.29, 0.717) is 41.7 Å². The summed E-state index contributed by atoms with van der Waals surface area (Å²) >= 11 is 0. The summed E-state index contributed by atoms with van der Waals surface area (Å²) in [5.74, 6) is 2.66. The first-order chi connectivity index (χ1) is 26.7. The van der Waals surface area contributed by atoms with E-state index in [-0.39, 0.29) is 24.3 Å². The molecule has 0 aromatic rings. The molecule has 6 aliphatic carbocycles. The fourth-order valence-electron chi connectivity index (χ4n) is 12.7. The van der Waals surface area contributed by atoms with Crippen LogP contribution in [0.15, 0.2) is 118 Å². The molecule has 10 rings (SSSR count). The van der Waals surface area contributed by atoms with Crippen LogP contribution in [0.2, 0.25) is 0 Å². The first-order valence-electron chi connectivity index (χ1n) is 21.5. The molecule has 6 heteroatoms. The van der Waals surface area contributed by atoms with Crippen LogP contribution in [0.1, 0.15) is 89.9 Å². The van der Waals surface area contributed by atoms with Gasteiger partial charge in [0.15, 0.2) is 0 Å². The van der Waals surface area contributed by atoms with Gasteiger partial charge in [-0.05, 0) is 131 Å². The van der Waals surface area contributed by atoms with E-state index < -0.39 is 0 Å². The van der Waals surface area contributed by atoms with Crippen molar-refractivity contribution in [3.05, 3.63) is 118 Å². The SMILES string of the molecule is N#CC1=C(C2CC=CCC2C2C=CC=CC2C2=CC(N3C4=C(CC(C#N)CC4)C4C=CC=CC43)NC(N3C4=C(CCC=C4)C4CCCNC43)C2)CCCC1. The summed E-state index contributed by atoms with van der Waals surface area (Å²) in [4.78, 5) is 5.54. The van der Waals surface area contributed by atoms with Crippen LogP contribution in [0.25, 0.3) is 0 Å². The molecular weight excluding hydrogens is 661 g/mol. The van der Waals surface area contributed by atoms with Crippen molar-refractivity contribution in [2.24, 2.45) is 41.4 Å². The molecule has 0 amide bonds. The van der Waals surface area contributed by atoms with Gasteiger partial charge in [0.25, 0.3) is 0 Å². The minimum atomic E-state index is 0.0565. The molecule has 4 heterocycles. The maximum atomic E-state index is 10.3. The second-order valence-electron chi connectivity index (χ2n) is 17.6. The zero-order valence-corrected chi connectivity index (χ0v) is 31.8. The summed E-state index contributed by atoms with van der Waals surface area (Å²) in [6.07, 6.45) is 47.1. The first kappa shape index (κ1) is 34.4. The summed E-state index contributed by atoms with van der Waals surface area (Å²) in [5.41, 5.74) is 10.2. The molecule has 0 radical (unpaired) electrons. The van der Waals surface area contributed by atoms with Gasteiger partial charge in [-0.3, -0.25) is 10.6 Å². The van der Waals surface area contributed by atoms with Crippen LogP contribution in [0.3, 0.4) is 0 Å². The average molecular weight is 717 g/mol. The highest BCUT2D eigenvalue weighted by molar-refractivity contribution is 5.43. The topological polar surface area (TPSA) is 78.1 Å². The van der Waals surface area contributed by atoms with E-state index in [2.05, 4.69) is 112 Å². The molecule has 1 fully saturated rings. The van der Waals surface area contributed by atoms with Gasteiger partial charge in [-0.1, -0.05) is 78.0 Å². The fourth-order valence-corrected chi connectivity index (χ4v) is 12.7. The summed E-state index contributed by atoms with van der Waals surface area (Å²) in [7, 11) is 0. The zero-order chi connectivity index (χ0) is 36.2. The third-order valence-electron chi connectivity index (χ3n) is 15.0. The molecule has 0 aromatic carbocycles. The lowest BCUT2D eigenvalue weighted by molar-refractivity contribution is 0.0713. The van der Waals surface area contributed by atoms with E-state index in [1.54, 1.807) is 11.1 Å². The number of rotatable bonds is 5. The van der Waals surface area contributed by atoms with Gasteiger partial charge >= 0.3 is 0 Å². The van der Waals surface area contributed by atoms with Gasteiger partial charge in [0, 0.05) is 41.1 Å². The highest BCUT2D eigenvalue weighted by Crippen LogP contribution is 2.51. The van der Waals surface area contributed by atoms with Gasteiger partial charge in [0.05, 0.1) is 36.4 Å². The van der Waals surface area contributed by atoms with Crippen molar-refractivity contribution >= 4 is 0 Å². The minimum absolute atomic E-state index is 0.0565. The minimum Gasteiger partial charge on any atom is -0.349 e. The maximum absolute atomic E-state index is 10.3. The highest BCUT2D eigenvalue weighted by atomic mass is 15.4. The second-order valence-corrected chi connectivity index (χ2v) is 17.6. The molecule has 0 bridgehead atoms. The van der Waals surface area contributed by atoms with Crippen LogP contribution in [0, 0.1) is 64.1 Å². The van der Waals surface area contributed by atoms with Gasteiger partial charge in [-0.15, -0.1) is 0 Å². The Labute approximate surface area is 322 Å². The van der Waals surface area contributed by atoms with Crippen molar-refractivity contribution < 1.29 is 0 Å². The molecule has 10 aliphatic rings. The number of nitrogens with one attached hydrogen (secondary N) is 2. The summed E-state index contributed by atoms with van der Waals surface area (Å²) in [6, 6.07) is 5.57. The Balaban J connectivity index is 1.06. The largest absolute Gasteiger partial charge is 0.349 e. The average Bonchev–Trinajstić information content (AvgIpc) is 3.76. The van der Waals surface area contributed by atoms with Crippen molar-refractivity contribution in [2.45, 2.75) is 114 Å². The van der Waals surface area contributed by atoms with E-state index in [1.807, 2.05) is 0 Å². The molecule has 0 saturated carbocycles. The Morgan fingerprint density at radius 1 is 0.741 bits per heavy atom. The van der Waals surface area contributed by atoms with Gasteiger partial charge in [0.1, 0.15) is 6.17 Å². The van der Waals surface area contributed by atoms with E-state index in [9.17, 15) is 10.5 Å². The van der Waals surface area contributed by atoms with Crippen LogP contribution < -0.4 is 10.6 Å². The van der Waals surface area contributed by atoms with E-state index in [4.69, 9.17) is 0 Å². The Morgan fingerprint density at radius 3 is 2.50 bits per heavy atom. The van der Waals surface area contributed by atoms with E-state index in [0.717, 1.165) is 76.3 Å². The van der Waals surface area contributed by atoms with Crippen molar-refractivity contribution in [3.8, 4) is 12.1 Å². The van der Waals surface area contributed by atoms with E-state index >= 15 is 0 Å². The summed E-state index contributed by atoms with van der Waals surface area (Å²) in [5, 5.41) is 28.6. The first-order valence-corrected chi connectivity index (χ1v) is 21.5. The van der Waals surface area contributed by atoms with Crippen LogP contribution in [0.5, 0.6) is 0 Å². The van der Waals surface area contributed by atoms with Crippen LogP contribution in [0.4, 0.5) is 0 Å². The second kappa shape index (κ2) is 14.5. The number of nitriles is 2. The van der Waals surface area contributed by atoms with Gasteiger partial charge in [-0.25, -0.2) is 0 Å². The normalized spacial score (nSPS) is 39.6. The molecule has 0 spiro atoms. The fraction of sp³-hybridized carbons (Fsp3) is 0.542. The molecule has 1 saturated heterocycles. The number of nitrogens with zero attached hydrogens (tertiary/aromatic N) is 4. The van der Waals surface area contributed by atoms with Crippen LogP contribution in [-0.4, -0.2) is 40.9 Å². The lowest BCUT2D eigenvalue weighted by atomic mass is 9.63. The molecule has 11 unspecified atom stereocenters. The number of fused-ring (bicyclic) bond motifs is 4. The number of piperidine rings is 1. The van der Waals surface area contributed by atoms with Crippen molar-refractivity contribution in [1.29, 1.82) is 10.5 Å². The zero-order valence-electron chi connectivity index (χ0n) is 31.8. The third kappa shape index (κ3) is 5.79. The molecule has 2 N–H and O–H groups in total. The number of allylic oxidation sites excluding steroid dienone is 13. The third-order valence-corrected chi connectivity index (χ3v) is 15.0. The van der Waals surface area contributed by atoms with Crippen LogP contribution >= 0.6 is 0 Å². The van der Waals surface area contributed by atoms with E-state index in [1.165, 1.54) is 48.2 Å². The Bertz CT molecular complexity index is 1930. The quantitative estimate of drug-likeness (QED) is 0.277. The van der Waals surface area contributed by atoms with Gasteiger partial charge in [-0.2, -0.15) is 10.5 Å². The molecule has 4 aliphatic heterocycles. The van der Waals surface area contributed by atoms with Crippen molar-refractivity contribution in [3.63, 3.8) is 0 Å².